The fourth-order valence-corrected chi connectivity index (χ4v) is 3.75. The topological polar surface area (TPSA) is 90.8 Å². The molecule has 0 aliphatic carbocycles. The molecule has 0 unspecified atom stereocenters. The van der Waals surface area contributed by atoms with Crippen LogP contribution in [0.5, 0.6) is 5.75 Å². The Morgan fingerprint density at radius 1 is 1.29 bits per heavy atom. The van der Waals surface area contributed by atoms with Crippen LogP contribution in [0.3, 0.4) is 0 Å². The van der Waals surface area contributed by atoms with Gasteiger partial charge in [-0.1, -0.05) is 29.8 Å². The average molecular weight is 409 g/mol. The van der Waals surface area contributed by atoms with Crippen molar-refractivity contribution < 1.29 is 9.53 Å². The van der Waals surface area contributed by atoms with Gasteiger partial charge in [-0.3, -0.25) is 9.89 Å². The molecule has 6 nitrogen and oxygen atoms in total. The summed E-state index contributed by atoms with van der Waals surface area (Å²) in [6.45, 7) is 0.263. The molecule has 0 bridgehead atoms. The normalized spacial score (nSPS) is 10.6. The van der Waals surface area contributed by atoms with Gasteiger partial charge in [-0.25, -0.2) is 0 Å². The summed E-state index contributed by atoms with van der Waals surface area (Å²) in [5.41, 5.74) is 2.14. The van der Waals surface area contributed by atoms with Crippen molar-refractivity contribution in [3.63, 3.8) is 0 Å². The Morgan fingerprint density at radius 2 is 2.14 bits per heavy atom. The average Bonchev–Trinajstić information content (AvgIpc) is 3.32. The van der Waals surface area contributed by atoms with Gasteiger partial charge in [-0.05, 0) is 35.7 Å². The molecule has 2 aromatic carbocycles. The maximum Gasteiger partial charge on any atom is 0.268 e. The third kappa shape index (κ3) is 3.56. The summed E-state index contributed by atoms with van der Waals surface area (Å²) in [5, 5.41) is 21.9. The van der Waals surface area contributed by atoms with E-state index in [-0.39, 0.29) is 12.5 Å². The van der Waals surface area contributed by atoms with Crippen molar-refractivity contribution in [2.24, 2.45) is 0 Å². The van der Waals surface area contributed by atoms with E-state index in [0.29, 0.717) is 32.4 Å². The van der Waals surface area contributed by atoms with Gasteiger partial charge in [0.1, 0.15) is 17.2 Å². The van der Waals surface area contributed by atoms with Crippen LogP contribution >= 0.6 is 22.9 Å². The summed E-state index contributed by atoms with van der Waals surface area (Å²) >= 11 is 7.29. The Kier molecular flexibility index (Phi) is 4.98. The molecule has 2 heterocycles. The van der Waals surface area contributed by atoms with Crippen molar-refractivity contribution in [1.82, 2.24) is 10.2 Å². The van der Waals surface area contributed by atoms with Gasteiger partial charge in [-0.2, -0.15) is 10.4 Å². The number of halogens is 1. The van der Waals surface area contributed by atoms with Crippen LogP contribution in [0.1, 0.15) is 20.8 Å². The number of anilines is 1. The first kappa shape index (κ1) is 18.0. The highest BCUT2D eigenvalue weighted by atomic mass is 35.5. The third-order valence-electron chi connectivity index (χ3n) is 4.12. The summed E-state index contributed by atoms with van der Waals surface area (Å²) in [4.78, 5) is 12.8. The van der Waals surface area contributed by atoms with E-state index in [1.54, 1.807) is 29.6 Å². The summed E-state index contributed by atoms with van der Waals surface area (Å²) in [5.74, 6) is 0.682. The first-order valence-electron chi connectivity index (χ1n) is 8.29. The standard InChI is InChI=1S/C20H13ClN4O2S/c21-16-7-8-28-18(16)20(26)23-19-15-9-14(5-6-17(15)24-25-19)27-11-13-4-2-1-3-12(13)10-22/h1-9H,11H2,(H2,23,24,25,26). The number of aromatic amines is 1. The van der Waals surface area contributed by atoms with E-state index in [1.165, 1.54) is 11.3 Å². The van der Waals surface area contributed by atoms with Crippen LogP contribution in [0.25, 0.3) is 10.9 Å². The number of carbonyl (C=O) groups excluding carboxylic acids is 1. The summed E-state index contributed by atoms with van der Waals surface area (Å²) in [6.07, 6.45) is 0. The Balaban J connectivity index is 1.55. The van der Waals surface area contributed by atoms with E-state index >= 15 is 0 Å². The van der Waals surface area contributed by atoms with Crippen molar-refractivity contribution >= 4 is 45.6 Å². The minimum Gasteiger partial charge on any atom is -0.489 e. The summed E-state index contributed by atoms with van der Waals surface area (Å²) in [6, 6.07) is 16.5. The van der Waals surface area contributed by atoms with Gasteiger partial charge in [0.15, 0.2) is 5.82 Å². The van der Waals surface area contributed by atoms with Crippen molar-refractivity contribution in [3.8, 4) is 11.8 Å². The molecule has 0 saturated heterocycles. The number of nitrogens with one attached hydrogen (secondary N) is 2. The Labute approximate surface area is 169 Å². The fourth-order valence-electron chi connectivity index (χ4n) is 2.71. The second-order valence-electron chi connectivity index (χ2n) is 5.89. The second-order valence-corrected chi connectivity index (χ2v) is 7.21. The molecule has 28 heavy (non-hydrogen) atoms. The molecule has 0 atom stereocenters. The Morgan fingerprint density at radius 3 is 2.93 bits per heavy atom. The molecule has 8 heteroatoms. The van der Waals surface area contributed by atoms with Crippen LogP contribution in [0.2, 0.25) is 5.02 Å². The summed E-state index contributed by atoms with van der Waals surface area (Å²) < 4.78 is 5.84. The molecule has 4 rings (SSSR count). The zero-order valence-corrected chi connectivity index (χ0v) is 16.0. The molecule has 2 aromatic heterocycles. The molecule has 2 N–H and O–H groups in total. The lowest BCUT2D eigenvalue weighted by Crippen LogP contribution is -2.11. The van der Waals surface area contributed by atoms with Gasteiger partial charge in [0.2, 0.25) is 0 Å². The monoisotopic (exact) mass is 408 g/mol. The number of aromatic nitrogens is 2. The lowest BCUT2D eigenvalue weighted by Gasteiger charge is -2.08. The highest BCUT2D eigenvalue weighted by molar-refractivity contribution is 7.12. The number of ether oxygens (including phenoxy) is 1. The Bertz CT molecular complexity index is 1210. The van der Waals surface area contributed by atoms with E-state index in [0.717, 1.165) is 11.1 Å². The minimum atomic E-state index is -0.317. The van der Waals surface area contributed by atoms with Crippen molar-refractivity contribution in [2.45, 2.75) is 6.61 Å². The molecule has 0 radical (unpaired) electrons. The number of fused-ring (bicyclic) bond motifs is 1. The number of benzene rings is 2. The number of carbonyl (C=O) groups is 1. The highest BCUT2D eigenvalue weighted by Crippen LogP contribution is 2.28. The van der Waals surface area contributed by atoms with E-state index < -0.39 is 0 Å². The van der Waals surface area contributed by atoms with Crippen LogP contribution in [0.15, 0.2) is 53.9 Å². The zero-order chi connectivity index (χ0) is 19.5. The predicted molar refractivity (Wildman–Crippen MR) is 109 cm³/mol. The van der Waals surface area contributed by atoms with Crippen molar-refractivity contribution in [2.75, 3.05) is 5.32 Å². The number of hydrogen-bond donors (Lipinski definition) is 2. The van der Waals surface area contributed by atoms with Gasteiger partial charge >= 0.3 is 0 Å². The molecular weight excluding hydrogens is 396 g/mol. The number of nitrogens with zero attached hydrogens (tertiary/aromatic N) is 2. The maximum absolute atomic E-state index is 12.4. The number of nitriles is 1. The molecule has 0 fully saturated rings. The van der Waals surface area contributed by atoms with E-state index in [4.69, 9.17) is 16.3 Å². The third-order valence-corrected chi connectivity index (χ3v) is 5.46. The molecule has 0 spiro atoms. The molecule has 0 aliphatic rings. The van der Waals surface area contributed by atoms with E-state index in [1.807, 2.05) is 24.3 Å². The van der Waals surface area contributed by atoms with Crippen LogP contribution in [-0.2, 0) is 6.61 Å². The van der Waals surface area contributed by atoms with Gasteiger partial charge in [-0.15, -0.1) is 11.3 Å². The number of thiophene rings is 1. The minimum absolute atomic E-state index is 0.263. The first-order valence-corrected chi connectivity index (χ1v) is 9.55. The Hall–Kier alpha value is -3.34. The molecule has 138 valence electrons. The maximum atomic E-state index is 12.4. The quantitative estimate of drug-likeness (QED) is 0.487. The predicted octanol–water partition coefficient (Wildman–Crippen LogP) is 4.98. The van der Waals surface area contributed by atoms with Gasteiger partial charge in [0, 0.05) is 10.9 Å². The number of hydrogen-bond acceptors (Lipinski definition) is 5. The van der Waals surface area contributed by atoms with Crippen molar-refractivity contribution in [1.29, 1.82) is 5.26 Å². The molecule has 1 amide bonds. The smallest absolute Gasteiger partial charge is 0.268 e. The summed E-state index contributed by atoms with van der Waals surface area (Å²) in [7, 11) is 0. The molecule has 0 saturated carbocycles. The zero-order valence-electron chi connectivity index (χ0n) is 14.4. The number of amides is 1. The van der Waals surface area contributed by atoms with Gasteiger partial charge in [0.05, 0.1) is 22.2 Å². The van der Waals surface area contributed by atoms with Crippen molar-refractivity contribution in [3.05, 3.63) is 74.9 Å². The SMILES string of the molecule is N#Cc1ccccc1COc1ccc2[nH]nc(NC(=O)c3sccc3Cl)c2c1. The van der Waals surface area contributed by atoms with Gasteiger partial charge < -0.3 is 10.1 Å². The molecular formula is C20H13ClN4O2S. The largest absolute Gasteiger partial charge is 0.489 e. The van der Waals surface area contributed by atoms with E-state index in [9.17, 15) is 10.1 Å². The first-order chi connectivity index (χ1) is 13.7. The lowest BCUT2D eigenvalue weighted by molar-refractivity contribution is 0.103. The van der Waals surface area contributed by atoms with Crippen LogP contribution in [0.4, 0.5) is 5.82 Å². The van der Waals surface area contributed by atoms with Gasteiger partial charge in [0.25, 0.3) is 5.91 Å². The number of rotatable bonds is 5. The molecule has 0 aliphatic heterocycles. The van der Waals surface area contributed by atoms with Crippen LogP contribution in [0, 0.1) is 11.3 Å². The molecule has 4 aromatic rings. The van der Waals surface area contributed by atoms with Crippen LogP contribution in [-0.4, -0.2) is 16.1 Å². The highest BCUT2D eigenvalue weighted by Gasteiger charge is 2.15. The number of H-pyrrole nitrogens is 1. The second kappa shape index (κ2) is 7.72. The van der Waals surface area contributed by atoms with Crippen LogP contribution < -0.4 is 10.1 Å². The van der Waals surface area contributed by atoms with E-state index in [2.05, 4.69) is 21.6 Å². The lowest BCUT2D eigenvalue weighted by atomic mass is 10.1. The fraction of sp³-hybridized carbons (Fsp3) is 0.0500.